The first-order valence-corrected chi connectivity index (χ1v) is 17.6. The highest BCUT2D eigenvalue weighted by Gasteiger charge is 2.22. The second kappa shape index (κ2) is 20.3. The van der Waals surface area contributed by atoms with Gasteiger partial charge in [-0.25, -0.2) is 27.7 Å². The number of aromatic amines is 1. The number of halogens is 4. The van der Waals surface area contributed by atoms with Gasteiger partial charge in [-0.15, -0.1) is 0 Å². The van der Waals surface area contributed by atoms with E-state index in [2.05, 4.69) is 19.8 Å². The minimum atomic E-state index is -2.25. The van der Waals surface area contributed by atoms with Crippen LogP contribution in [0.15, 0.2) is 88.5 Å². The zero-order valence-electron chi connectivity index (χ0n) is 31.5. The summed E-state index contributed by atoms with van der Waals surface area (Å²) < 4.78 is 60.4. The molecule has 0 aliphatic rings. The number of ether oxygens (including phenoxy) is 6. The molecule has 1 aromatic heterocycles. The van der Waals surface area contributed by atoms with Gasteiger partial charge in [0, 0.05) is 23.9 Å². The highest BCUT2D eigenvalue weighted by Crippen LogP contribution is 2.39. The molecule has 0 saturated carbocycles. The van der Waals surface area contributed by atoms with Crippen LogP contribution in [0.1, 0.15) is 19.0 Å². The maximum atomic E-state index is 14.5. The van der Waals surface area contributed by atoms with E-state index in [4.69, 9.17) is 42.1 Å². The average Bonchev–Trinajstić information content (AvgIpc) is 3.16. The monoisotopic (exact) mass is 861 g/mol. The van der Waals surface area contributed by atoms with Crippen LogP contribution in [0.5, 0.6) is 34.5 Å². The number of amides is 1. The number of anilines is 1. The van der Waals surface area contributed by atoms with Crippen molar-refractivity contribution in [1.82, 2.24) is 9.55 Å². The van der Waals surface area contributed by atoms with Gasteiger partial charge in [0.2, 0.25) is 5.91 Å². The van der Waals surface area contributed by atoms with E-state index in [0.717, 1.165) is 37.3 Å². The molecular formula is C39H35Cl2F2N3O13. The van der Waals surface area contributed by atoms with Gasteiger partial charge in [0.1, 0.15) is 23.1 Å². The second-order valence-corrected chi connectivity index (χ2v) is 13.0. The van der Waals surface area contributed by atoms with Gasteiger partial charge in [0.25, 0.3) is 5.56 Å². The molecule has 20 heteroatoms. The molecule has 1 heterocycles. The fourth-order valence-corrected chi connectivity index (χ4v) is 5.12. The minimum Gasteiger partial charge on any atom is -0.478 e. The van der Waals surface area contributed by atoms with E-state index in [1.165, 1.54) is 33.3 Å². The van der Waals surface area contributed by atoms with Gasteiger partial charge >= 0.3 is 17.6 Å². The highest BCUT2D eigenvalue weighted by atomic mass is 35.5. The quantitative estimate of drug-likeness (QED) is 0.0766. The summed E-state index contributed by atoms with van der Waals surface area (Å²) in [6.07, 6.45) is -0.671. The SMILES string of the molecule is COC(=O)COc1ccccc1Oc1cc(-n2c(=O)cc(C)[nH]c2=O)c(F)cc1Cl.COC(=O)COc1ccccc1Oc1cc(NC(=O)CC(C)(O)O)c(F)cc1Cl. The Morgan fingerprint density at radius 1 is 0.746 bits per heavy atom. The Balaban J connectivity index is 0.000000261. The molecule has 5 aromatic rings. The summed E-state index contributed by atoms with van der Waals surface area (Å²) >= 11 is 12.1. The molecule has 0 saturated heterocycles. The number of carbonyl (C=O) groups is 3. The summed E-state index contributed by atoms with van der Waals surface area (Å²) in [7, 11) is 2.45. The number of hydrogen-bond donors (Lipinski definition) is 4. The molecule has 0 spiro atoms. The second-order valence-electron chi connectivity index (χ2n) is 12.2. The van der Waals surface area contributed by atoms with Gasteiger partial charge in [-0.05, 0) is 50.2 Å². The molecule has 0 bridgehead atoms. The maximum Gasteiger partial charge on any atom is 0.343 e. The number of benzene rings is 4. The molecule has 4 N–H and O–H groups in total. The van der Waals surface area contributed by atoms with Crippen LogP contribution in [0.3, 0.4) is 0 Å². The number of aromatic nitrogens is 2. The van der Waals surface area contributed by atoms with Crippen molar-refractivity contribution >= 4 is 46.7 Å². The number of esters is 2. The predicted molar refractivity (Wildman–Crippen MR) is 208 cm³/mol. The fraction of sp³-hybridized carbons (Fsp3) is 0.205. The molecule has 0 radical (unpaired) electrons. The Morgan fingerprint density at radius 3 is 1.69 bits per heavy atom. The lowest BCUT2D eigenvalue weighted by atomic mass is 10.2. The number of methoxy groups -OCH3 is 2. The van der Waals surface area contributed by atoms with Crippen LogP contribution in [-0.4, -0.2) is 70.8 Å². The summed E-state index contributed by atoms with van der Waals surface area (Å²) in [6.45, 7) is 1.85. The van der Waals surface area contributed by atoms with Crippen LogP contribution >= 0.6 is 23.2 Å². The largest absolute Gasteiger partial charge is 0.478 e. The van der Waals surface area contributed by atoms with Gasteiger partial charge in [-0.2, -0.15) is 0 Å². The predicted octanol–water partition coefficient (Wildman–Crippen LogP) is 5.82. The lowest BCUT2D eigenvalue weighted by Crippen LogP contribution is -2.34. The Morgan fingerprint density at radius 2 is 1.22 bits per heavy atom. The third-order valence-corrected chi connectivity index (χ3v) is 7.98. The summed E-state index contributed by atoms with van der Waals surface area (Å²) in [4.78, 5) is 61.3. The molecular weight excluding hydrogens is 827 g/mol. The van der Waals surface area contributed by atoms with E-state index in [1.54, 1.807) is 36.4 Å². The van der Waals surface area contributed by atoms with E-state index in [9.17, 15) is 43.0 Å². The molecule has 59 heavy (non-hydrogen) atoms. The number of carbonyl (C=O) groups excluding carboxylic acids is 3. The van der Waals surface area contributed by atoms with Crippen molar-refractivity contribution in [3.8, 4) is 40.2 Å². The Labute approximate surface area is 343 Å². The Kier molecular flexibility index (Phi) is 15.6. The number of aryl methyl sites for hydroxylation is 1. The van der Waals surface area contributed by atoms with E-state index >= 15 is 0 Å². The molecule has 0 fully saturated rings. The molecule has 0 aliphatic carbocycles. The number of aliphatic hydroxyl groups is 2. The number of hydrogen-bond acceptors (Lipinski definition) is 13. The van der Waals surface area contributed by atoms with Crippen molar-refractivity contribution in [3.05, 3.63) is 127 Å². The third kappa shape index (κ3) is 13.0. The Bertz CT molecular complexity index is 2420. The number of H-pyrrole nitrogens is 1. The molecule has 4 aromatic carbocycles. The van der Waals surface area contributed by atoms with Crippen LogP contribution in [0.25, 0.3) is 5.69 Å². The summed E-state index contributed by atoms with van der Waals surface area (Å²) in [6, 6.07) is 18.0. The zero-order valence-corrected chi connectivity index (χ0v) is 33.0. The van der Waals surface area contributed by atoms with Gasteiger partial charge in [0.05, 0.1) is 42.1 Å². The molecule has 0 aliphatic heterocycles. The molecule has 0 unspecified atom stereocenters. The van der Waals surface area contributed by atoms with E-state index in [0.29, 0.717) is 10.3 Å². The number of rotatable bonds is 14. The molecule has 16 nitrogen and oxygen atoms in total. The van der Waals surface area contributed by atoms with Crippen molar-refractivity contribution in [2.45, 2.75) is 26.1 Å². The smallest absolute Gasteiger partial charge is 0.343 e. The average molecular weight is 863 g/mol. The number of nitrogens with one attached hydrogen (secondary N) is 2. The van der Waals surface area contributed by atoms with Crippen LogP contribution in [0, 0.1) is 18.6 Å². The molecule has 0 atom stereocenters. The standard InChI is InChI=1S/C20H16ClFN2O6.C19H19ClFNO7/c1-11-7-18(25)24(20(27)23-11)14-9-17(12(21)8-13(14)22)30-16-6-4-3-5-15(16)29-10-19(26)28-2;1-19(25,26)9-17(23)22-13-8-16(11(20)7-12(13)21)29-15-6-4-3-5-14(15)28-10-18(24)27-2/h3-9H,10H2,1-2H3,(H,23,27);3-8,25-26H,9-10H2,1-2H3,(H,22,23). The first-order valence-electron chi connectivity index (χ1n) is 16.9. The molecule has 5 rings (SSSR count). The van der Waals surface area contributed by atoms with Gasteiger partial charge in [-0.3, -0.25) is 9.59 Å². The summed E-state index contributed by atoms with van der Waals surface area (Å²) in [5.41, 5.74) is -1.80. The normalized spacial score (nSPS) is 10.7. The summed E-state index contributed by atoms with van der Waals surface area (Å²) in [5.74, 6) is -5.27. The number of para-hydroxylation sites is 4. The summed E-state index contributed by atoms with van der Waals surface area (Å²) in [5, 5.41) is 20.6. The van der Waals surface area contributed by atoms with Crippen LogP contribution < -0.4 is 35.5 Å². The van der Waals surface area contributed by atoms with Gasteiger partial charge in [0.15, 0.2) is 42.0 Å². The Hall–Kier alpha value is -6.47. The molecule has 312 valence electrons. The zero-order chi connectivity index (χ0) is 43.4. The maximum absolute atomic E-state index is 14.5. The number of nitrogens with zero attached hydrogens (tertiary/aromatic N) is 1. The minimum absolute atomic E-state index is 0.00626. The topological polar surface area (TPSA) is 214 Å². The van der Waals surface area contributed by atoms with E-state index < -0.39 is 52.9 Å². The van der Waals surface area contributed by atoms with Gasteiger partial charge in [-0.1, -0.05) is 47.5 Å². The first kappa shape index (κ1) is 45.2. The third-order valence-electron chi connectivity index (χ3n) is 7.39. The van der Waals surface area contributed by atoms with Crippen LogP contribution in [0.2, 0.25) is 10.0 Å². The van der Waals surface area contributed by atoms with Crippen LogP contribution in [-0.2, 0) is 23.9 Å². The van der Waals surface area contributed by atoms with Crippen molar-refractivity contribution in [2.75, 3.05) is 32.8 Å². The molecule has 1 amide bonds. The van der Waals surface area contributed by atoms with Gasteiger partial charge < -0.3 is 48.9 Å². The lowest BCUT2D eigenvalue weighted by molar-refractivity contribution is -0.158. The lowest BCUT2D eigenvalue weighted by Gasteiger charge is -2.17. The first-order chi connectivity index (χ1) is 27.9. The van der Waals surface area contributed by atoms with Crippen molar-refractivity contribution in [1.29, 1.82) is 0 Å². The van der Waals surface area contributed by atoms with E-state index in [1.807, 2.05) is 0 Å². The van der Waals surface area contributed by atoms with Crippen molar-refractivity contribution in [2.24, 2.45) is 0 Å². The fourth-order valence-electron chi connectivity index (χ4n) is 4.74. The highest BCUT2D eigenvalue weighted by molar-refractivity contribution is 6.32. The van der Waals surface area contributed by atoms with Crippen molar-refractivity contribution in [3.63, 3.8) is 0 Å². The van der Waals surface area contributed by atoms with Crippen molar-refractivity contribution < 1.29 is 61.8 Å². The van der Waals surface area contributed by atoms with Crippen LogP contribution in [0.4, 0.5) is 14.5 Å². The van der Waals surface area contributed by atoms with E-state index in [-0.39, 0.29) is 69.1 Å².